The summed E-state index contributed by atoms with van der Waals surface area (Å²) in [5, 5.41) is 12.1. The molecule has 1 aliphatic rings. The maximum Gasteiger partial charge on any atom is 0.403 e. The molecule has 1 saturated carbocycles. The number of aromatic nitrogens is 3. The molecule has 10 heteroatoms. The summed E-state index contributed by atoms with van der Waals surface area (Å²) in [6.45, 7) is 90.5. The molecule has 0 aliphatic heterocycles. The van der Waals surface area contributed by atoms with E-state index in [1.807, 2.05) is 75.5 Å². The third kappa shape index (κ3) is 23.8. The van der Waals surface area contributed by atoms with Gasteiger partial charge in [-0.1, -0.05) is 372 Å². The molecule has 14 aromatic rings. The van der Waals surface area contributed by atoms with Crippen molar-refractivity contribution in [3.8, 4) is 22.3 Å². The van der Waals surface area contributed by atoms with Gasteiger partial charge in [-0.05, 0) is 351 Å². The number of halogens is 7. The van der Waals surface area contributed by atoms with Crippen molar-refractivity contribution in [3.05, 3.63) is 311 Å². The molecule has 0 unspecified atom stereocenters. The quantitative estimate of drug-likeness (QED) is 0.161. The first-order valence-corrected chi connectivity index (χ1v) is 50.5. The molecule has 0 radical (unpaired) electrons. The van der Waals surface area contributed by atoms with E-state index in [9.17, 15) is 26.3 Å². The van der Waals surface area contributed by atoms with Crippen molar-refractivity contribution >= 4 is 64.9 Å². The van der Waals surface area contributed by atoms with Crippen molar-refractivity contribution in [2.24, 2.45) is 5.41 Å². The number of alkyl halides is 6. The summed E-state index contributed by atoms with van der Waals surface area (Å²) >= 11 is 0. The summed E-state index contributed by atoms with van der Waals surface area (Å²) < 4.78 is 95.8. The first kappa shape index (κ1) is 111. The van der Waals surface area contributed by atoms with Crippen LogP contribution in [0, 0.1) is 80.5 Å². The van der Waals surface area contributed by atoms with Crippen LogP contribution in [-0.2, 0) is 48.7 Å². The van der Waals surface area contributed by atoms with E-state index < -0.39 is 30.6 Å². The van der Waals surface area contributed by atoms with Gasteiger partial charge < -0.3 is 0 Å². The van der Waals surface area contributed by atoms with Gasteiger partial charge in [0, 0.05) is 28.2 Å². The van der Waals surface area contributed by atoms with E-state index in [-0.39, 0.29) is 73.3 Å². The summed E-state index contributed by atoms with van der Waals surface area (Å²) in [7, 11) is 0. The van der Waals surface area contributed by atoms with Crippen LogP contribution in [0.15, 0.2) is 182 Å². The molecule has 0 atom stereocenters. The predicted molar refractivity (Wildman–Crippen MR) is 588 cm³/mol. The Morgan fingerprint density at radius 2 is 0.612 bits per heavy atom. The van der Waals surface area contributed by atoms with Crippen molar-refractivity contribution in [1.29, 1.82) is 0 Å². The maximum atomic E-state index is 15.3. The fourth-order valence-electron chi connectivity index (χ4n) is 21.8. The van der Waals surface area contributed by atoms with Crippen molar-refractivity contribution in [2.75, 3.05) is 0 Å². The fraction of sp³-hybridized carbons (Fsp3) is 0.465. The number of aryl methyl sites for hydroxylation is 10. The molecular weight excluding hydrogens is 1720 g/mol. The molecule has 744 valence electrons. The lowest BCUT2D eigenvalue weighted by Crippen LogP contribution is -2.51. The summed E-state index contributed by atoms with van der Waals surface area (Å²) in [5.74, 6) is 1.49. The van der Waals surface area contributed by atoms with E-state index in [1.54, 1.807) is 0 Å². The number of hydrogen-bond acceptors (Lipinski definition) is 3. The number of hydrogen-bond donors (Lipinski definition) is 0. The van der Waals surface area contributed by atoms with Crippen molar-refractivity contribution in [2.45, 2.75) is 388 Å². The van der Waals surface area contributed by atoms with Gasteiger partial charge in [0.15, 0.2) is 5.41 Å². The van der Waals surface area contributed by atoms with Crippen molar-refractivity contribution in [1.82, 2.24) is 15.0 Å². The van der Waals surface area contributed by atoms with Gasteiger partial charge in [0.1, 0.15) is 11.6 Å². The molecule has 2 aromatic heterocycles. The molecule has 15 rings (SSSR count). The summed E-state index contributed by atoms with van der Waals surface area (Å²) in [4.78, 5) is 13.9. The zero-order valence-corrected chi connectivity index (χ0v) is 92.4. The normalized spacial score (nSPS) is 13.9. The lowest BCUT2D eigenvalue weighted by molar-refractivity contribution is -0.350. The average Bonchev–Trinajstić information content (AvgIpc) is 0.739. The van der Waals surface area contributed by atoms with Crippen LogP contribution in [0.5, 0.6) is 0 Å². The SMILES string of the molecule is Cc1c(C(C)(C)C)c(F)c(C(C)(C)C)c2ccccc12.Cc1c(C(C)(C)C)cc(-c2c(C(C)C)cccc2C(C)C)c2ccccc12.Cc1c(C(C)(C)C)cc(C2CCC(C(F)(F)F)(C(F)(F)F)CC2)c2ccccc12.Cc1ccc2c(C)c(C(C)(C)C)cc(C(C)(C)C)c2n1.Cc1cccc(C)c1-c1cc(C(C)(C)C)c(C)c2ccccc12.Cc1ncc2c(C)c(C(C)(C)C)cc(C(C)(C)C)c2n1. The van der Waals surface area contributed by atoms with Crippen LogP contribution < -0.4 is 0 Å². The summed E-state index contributed by atoms with van der Waals surface area (Å²) in [6, 6.07) is 63.0. The third-order valence-corrected chi connectivity index (χ3v) is 28.9. The number of pyridine rings is 1. The van der Waals surface area contributed by atoms with Crippen LogP contribution in [-0.4, -0.2) is 27.3 Å². The van der Waals surface area contributed by atoms with Crippen LogP contribution in [0.3, 0.4) is 0 Å². The third-order valence-electron chi connectivity index (χ3n) is 28.9. The first-order valence-electron chi connectivity index (χ1n) is 50.5. The highest BCUT2D eigenvalue weighted by Gasteiger charge is 2.70. The molecule has 1 aliphatic carbocycles. The van der Waals surface area contributed by atoms with Crippen LogP contribution in [0.25, 0.3) is 87.1 Å². The number of rotatable bonds is 5. The first-order chi connectivity index (χ1) is 63.7. The largest absolute Gasteiger partial charge is 0.403 e. The minimum atomic E-state index is -5.29. The highest BCUT2D eigenvalue weighted by Crippen LogP contribution is 2.61. The predicted octanol–water partition coefficient (Wildman–Crippen LogP) is 39.5. The Hall–Kier alpha value is -10.1. The standard InChI is InChI=1S/C27H34.C23H26F6.C23H26.C19H25F.C19H27N.C18H26N2/c1-17(2)20-14-11-15-21(18(3)4)26(20)24-16-25(27(6,7)8)19(5)22-12-9-10-13-23(22)24;1-14-16-7-5-6-8-17(16)18(13-19(14)20(2,3)4)15-9-11-21(12-10-15,22(24,25)26)23(27,28)29;1-15-10-9-11-16(2)22(15)20-14-21(23(4,5)6)17(3)18-12-7-8-13-19(18)20;1-12-13-10-8-9-11-14(13)16(19(5,6)7)17(20)15(12)18(2,3)4;1-12-9-10-14-13(2)15(18(3,4)5)11-16(17(14)20-12)19(6,7)8;1-11-13-10-19-12(2)20-16(13)15(18(6,7)8)9-14(11)17(3,4)5/h9-18H,1-8H3;5-8,13,15H,9-12H2,1-4H3;7-14H,1-6H3;8-11H,1-7H3;9-11H,1-8H3;9-10H,1-8H3. The van der Waals surface area contributed by atoms with Crippen molar-refractivity contribution in [3.63, 3.8) is 0 Å². The van der Waals surface area contributed by atoms with E-state index in [0.29, 0.717) is 11.8 Å². The van der Waals surface area contributed by atoms with Crippen LogP contribution in [0.2, 0.25) is 0 Å². The molecule has 2 heterocycles. The van der Waals surface area contributed by atoms with Crippen LogP contribution in [0.1, 0.15) is 381 Å². The van der Waals surface area contributed by atoms with Crippen LogP contribution >= 0.6 is 0 Å². The zero-order chi connectivity index (χ0) is 104. The molecule has 0 bridgehead atoms. The Labute approximate surface area is 832 Å². The fourth-order valence-corrected chi connectivity index (χ4v) is 21.8. The van der Waals surface area contributed by atoms with E-state index in [0.717, 1.165) is 66.6 Å². The zero-order valence-electron chi connectivity index (χ0n) is 92.4. The van der Waals surface area contributed by atoms with Gasteiger partial charge in [-0.25, -0.2) is 14.4 Å². The monoisotopic (exact) mass is 1890 g/mol. The maximum absolute atomic E-state index is 15.3. The highest BCUT2D eigenvalue weighted by atomic mass is 19.4. The van der Waals surface area contributed by atoms with Gasteiger partial charge in [-0.3, -0.25) is 4.98 Å². The summed E-state index contributed by atoms with van der Waals surface area (Å²) in [6.07, 6.45) is -10.7. The average molecular weight is 1890 g/mol. The minimum Gasteiger partial charge on any atom is -0.253 e. The Kier molecular flexibility index (Phi) is 32.5. The molecule has 0 amide bonds. The Balaban J connectivity index is 0.000000173. The number of benzene rings is 12. The van der Waals surface area contributed by atoms with Gasteiger partial charge in [-0.15, -0.1) is 0 Å². The summed E-state index contributed by atoms with van der Waals surface area (Å²) in [5.41, 5.74) is 30.8. The Bertz CT molecular complexity index is 6640. The lowest BCUT2D eigenvalue weighted by atomic mass is 9.66. The van der Waals surface area contributed by atoms with Gasteiger partial charge >= 0.3 is 12.4 Å². The van der Waals surface area contributed by atoms with E-state index in [4.69, 9.17) is 9.97 Å². The molecular formula is C129H164F7N3. The molecule has 1 fully saturated rings. The smallest absolute Gasteiger partial charge is 0.253 e. The van der Waals surface area contributed by atoms with Crippen molar-refractivity contribution < 1.29 is 30.7 Å². The molecule has 0 saturated heterocycles. The Morgan fingerprint density at radius 1 is 0.295 bits per heavy atom. The molecule has 12 aromatic carbocycles. The Morgan fingerprint density at radius 3 is 0.986 bits per heavy atom. The van der Waals surface area contributed by atoms with Gasteiger partial charge in [-0.2, -0.15) is 26.3 Å². The van der Waals surface area contributed by atoms with E-state index >= 15 is 4.39 Å². The molecule has 139 heavy (non-hydrogen) atoms. The van der Waals surface area contributed by atoms with E-state index in [1.165, 1.54) is 143 Å². The number of fused-ring (bicyclic) bond motifs is 6. The second-order valence-electron chi connectivity index (χ2n) is 49.9. The van der Waals surface area contributed by atoms with E-state index in [2.05, 4.69) is 395 Å². The van der Waals surface area contributed by atoms with Gasteiger partial charge in [0.2, 0.25) is 0 Å². The second kappa shape index (κ2) is 40.7. The van der Waals surface area contributed by atoms with Gasteiger partial charge in [0.05, 0.1) is 11.0 Å². The highest BCUT2D eigenvalue weighted by molar-refractivity contribution is 6.03. The topological polar surface area (TPSA) is 38.7 Å². The lowest BCUT2D eigenvalue weighted by Gasteiger charge is -2.42. The number of nitrogens with zero attached hydrogens (tertiary/aromatic N) is 3. The second-order valence-corrected chi connectivity index (χ2v) is 49.9. The van der Waals surface area contributed by atoms with Crippen LogP contribution in [0.4, 0.5) is 30.7 Å². The molecule has 3 nitrogen and oxygen atoms in total. The van der Waals surface area contributed by atoms with Gasteiger partial charge in [0.25, 0.3) is 0 Å². The minimum absolute atomic E-state index is 0.0267. The molecule has 0 N–H and O–H groups in total. The molecule has 0 spiro atoms.